The van der Waals surface area contributed by atoms with Crippen LogP contribution in [0, 0.1) is 13.8 Å². The van der Waals surface area contributed by atoms with Crippen LogP contribution >= 0.6 is 0 Å². The van der Waals surface area contributed by atoms with Crippen molar-refractivity contribution in [2.75, 3.05) is 36.4 Å². The number of hydrogen-bond donors (Lipinski definition) is 2. The van der Waals surface area contributed by atoms with Crippen LogP contribution in [0.15, 0.2) is 42.9 Å². The van der Waals surface area contributed by atoms with E-state index < -0.39 is 0 Å². The van der Waals surface area contributed by atoms with Gasteiger partial charge < -0.3 is 20.1 Å². The maximum Gasteiger partial charge on any atom is 0.247 e. The summed E-state index contributed by atoms with van der Waals surface area (Å²) < 4.78 is 2.00. The number of carbonyl (C=O) groups excluding carboxylic acids is 1. The number of carbonyl (C=O) groups is 1. The minimum Gasteiger partial charge on any atom is -0.369 e. The Hall–Kier alpha value is -2.86. The number of amides is 1. The standard InChI is InChI=1S/C22H27N5O/c1-15-4-5-18(26-10-8-23-9-11-26)12-20(15)25-22(28)17(3)27-14-16(2)19-6-7-24-13-21(19)27/h4-7,12-14,17,23H,8-11H2,1-3H3,(H,25,28). The van der Waals surface area contributed by atoms with E-state index in [0.717, 1.165) is 59.6 Å². The fraction of sp³-hybridized carbons (Fsp3) is 0.364. The number of piperazine rings is 1. The predicted octanol–water partition coefficient (Wildman–Crippen LogP) is 3.26. The summed E-state index contributed by atoms with van der Waals surface area (Å²) >= 11 is 0. The highest BCUT2D eigenvalue weighted by Gasteiger charge is 2.19. The summed E-state index contributed by atoms with van der Waals surface area (Å²) in [5.74, 6) is -0.0266. The zero-order valence-corrected chi connectivity index (χ0v) is 16.7. The average molecular weight is 377 g/mol. The molecule has 2 aromatic heterocycles. The Balaban J connectivity index is 1.57. The lowest BCUT2D eigenvalue weighted by atomic mass is 10.1. The van der Waals surface area contributed by atoms with E-state index in [0.29, 0.717) is 0 Å². The Morgan fingerprint density at radius 2 is 1.96 bits per heavy atom. The van der Waals surface area contributed by atoms with Crippen LogP contribution in [0.3, 0.4) is 0 Å². The van der Waals surface area contributed by atoms with Crippen LogP contribution in [-0.2, 0) is 4.79 Å². The number of nitrogens with zero attached hydrogens (tertiary/aromatic N) is 3. The van der Waals surface area contributed by atoms with Gasteiger partial charge in [0.25, 0.3) is 0 Å². The molecule has 3 aromatic rings. The second kappa shape index (κ2) is 7.64. The van der Waals surface area contributed by atoms with E-state index in [1.54, 1.807) is 6.20 Å². The van der Waals surface area contributed by atoms with Crippen molar-refractivity contribution >= 4 is 28.2 Å². The molecule has 1 fully saturated rings. The Bertz CT molecular complexity index is 1000. The number of anilines is 2. The largest absolute Gasteiger partial charge is 0.369 e. The summed E-state index contributed by atoms with van der Waals surface area (Å²) in [6.45, 7) is 9.95. The lowest BCUT2D eigenvalue weighted by molar-refractivity contribution is -0.118. The molecule has 0 radical (unpaired) electrons. The van der Waals surface area contributed by atoms with Crippen molar-refractivity contribution in [3.05, 3.63) is 54.0 Å². The number of rotatable bonds is 4. The molecule has 6 nitrogen and oxygen atoms in total. The van der Waals surface area contributed by atoms with E-state index in [4.69, 9.17) is 0 Å². The van der Waals surface area contributed by atoms with Gasteiger partial charge in [0.15, 0.2) is 0 Å². The SMILES string of the molecule is Cc1ccc(N2CCNCC2)cc1NC(=O)C(C)n1cc(C)c2ccncc21. The van der Waals surface area contributed by atoms with Crippen LogP contribution in [0.4, 0.5) is 11.4 Å². The van der Waals surface area contributed by atoms with E-state index in [9.17, 15) is 4.79 Å². The number of nitrogens with one attached hydrogen (secondary N) is 2. The molecule has 6 heteroatoms. The number of aryl methyl sites for hydroxylation is 2. The summed E-state index contributed by atoms with van der Waals surface area (Å²) in [4.78, 5) is 19.6. The van der Waals surface area contributed by atoms with Gasteiger partial charge >= 0.3 is 0 Å². The van der Waals surface area contributed by atoms with E-state index in [1.807, 2.05) is 36.9 Å². The quantitative estimate of drug-likeness (QED) is 0.733. The second-order valence-electron chi connectivity index (χ2n) is 7.51. The van der Waals surface area contributed by atoms with Crippen LogP contribution in [0.1, 0.15) is 24.1 Å². The van der Waals surface area contributed by atoms with Crippen molar-refractivity contribution in [2.45, 2.75) is 26.8 Å². The van der Waals surface area contributed by atoms with E-state index in [-0.39, 0.29) is 11.9 Å². The highest BCUT2D eigenvalue weighted by Crippen LogP contribution is 2.27. The van der Waals surface area contributed by atoms with Gasteiger partial charge in [-0.05, 0) is 50.1 Å². The monoisotopic (exact) mass is 377 g/mol. The van der Waals surface area contributed by atoms with Gasteiger partial charge in [-0.25, -0.2) is 0 Å². The predicted molar refractivity (Wildman–Crippen MR) is 114 cm³/mol. The highest BCUT2D eigenvalue weighted by atomic mass is 16.2. The minimum absolute atomic E-state index is 0.0266. The lowest BCUT2D eigenvalue weighted by Crippen LogP contribution is -2.43. The third kappa shape index (κ3) is 3.47. The zero-order valence-electron chi connectivity index (χ0n) is 16.7. The first-order valence-electron chi connectivity index (χ1n) is 9.83. The topological polar surface area (TPSA) is 62.2 Å². The van der Waals surface area contributed by atoms with Crippen LogP contribution < -0.4 is 15.5 Å². The number of hydrogen-bond acceptors (Lipinski definition) is 4. The molecule has 1 saturated heterocycles. The molecular formula is C22H27N5O. The van der Waals surface area contributed by atoms with Gasteiger partial charge in [-0.2, -0.15) is 0 Å². The summed E-state index contributed by atoms with van der Waals surface area (Å²) in [5.41, 5.74) is 5.22. The normalized spacial score (nSPS) is 15.6. The van der Waals surface area contributed by atoms with Crippen molar-refractivity contribution in [3.8, 4) is 0 Å². The molecule has 1 aliphatic heterocycles. The molecule has 146 valence electrons. The molecule has 1 atom stereocenters. The van der Waals surface area contributed by atoms with Crippen molar-refractivity contribution in [1.82, 2.24) is 14.9 Å². The average Bonchev–Trinajstić information content (AvgIpc) is 3.06. The number of benzene rings is 1. The van der Waals surface area contributed by atoms with Crippen molar-refractivity contribution < 1.29 is 4.79 Å². The smallest absolute Gasteiger partial charge is 0.247 e. The molecule has 1 unspecified atom stereocenters. The molecule has 1 aliphatic rings. The molecule has 0 aliphatic carbocycles. The van der Waals surface area contributed by atoms with Gasteiger partial charge in [0, 0.05) is 55.3 Å². The van der Waals surface area contributed by atoms with Crippen molar-refractivity contribution in [1.29, 1.82) is 0 Å². The molecule has 0 spiro atoms. The molecule has 4 rings (SSSR count). The Labute approximate surface area is 165 Å². The maximum atomic E-state index is 13.0. The first-order chi connectivity index (χ1) is 13.5. The summed E-state index contributed by atoms with van der Waals surface area (Å²) in [5, 5.41) is 7.64. The fourth-order valence-corrected chi connectivity index (χ4v) is 3.82. The van der Waals surface area contributed by atoms with Gasteiger partial charge in [-0.1, -0.05) is 6.07 Å². The van der Waals surface area contributed by atoms with Crippen LogP contribution in [-0.4, -0.2) is 41.6 Å². The molecule has 1 aromatic carbocycles. The second-order valence-corrected chi connectivity index (χ2v) is 7.51. The molecule has 1 amide bonds. The molecule has 28 heavy (non-hydrogen) atoms. The maximum absolute atomic E-state index is 13.0. The lowest BCUT2D eigenvalue weighted by Gasteiger charge is -2.30. The first kappa shape index (κ1) is 18.5. The van der Waals surface area contributed by atoms with Gasteiger partial charge in [0.2, 0.25) is 5.91 Å². The fourth-order valence-electron chi connectivity index (χ4n) is 3.82. The van der Waals surface area contributed by atoms with Crippen molar-refractivity contribution in [3.63, 3.8) is 0 Å². The van der Waals surface area contributed by atoms with Gasteiger partial charge in [0.05, 0.1) is 11.7 Å². The van der Waals surface area contributed by atoms with Crippen LogP contribution in [0.5, 0.6) is 0 Å². The number of aromatic nitrogens is 2. The zero-order chi connectivity index (χ0) is 19.7. The Kier molecular flexibility index (Phi) is 5.05. The third-order valence-electron chi connectivity index (χ3n) is 5.59. The van der Waals surface area contributed by atoms with Gasteiger partial charge in [-0.15, -0.1) is 0 Å². The molecule has 3 heterocycles. The highest BCUT2D eigenvalue weighted by molar-refractivity contribution is 5.96. The summed E-state index contributed by atoms with van der Waals surface area (Å²) in [6.07, 6.45) is 5.64. The van der Waals surface area contributed by atoms with Crippen molar-refractivity contribution in [2.24, 2.45) is 0 Å². The summed E-state index contributed by atoms with van der Waals surface area (Å²) in [6, 6.07) is 7.96. The Morgan fingerprint density at radius 1 is 1.18 bits per heavy atom. The number of fused-ring (bicyclic) bond motifs is 1. The van der Waals surface area contributed by atoms with Crippen LogP contribution in [0.25, 0.3) is 10.9 Å². The van der Waals surface area contributed by atoms with E-state index in [2.05, 4.69) is 45.6 Å². The third-order valence-corrected chi connectivity index (χ3v) is 5.59. The molecule has 2 N–H and O–H groups in total. The van der Waals surface area contributed by atoms with Gasteiger partial charge in [0.1, 0.15) is 6.04 Å². The molecule has 0 bridgehead atoms. The Morgan fingerprint density at radius 3 is 2.75 bits per heavy atom. The van der Waals surface area contributed by atoms with E-state index in [1.165, 1.54) is 0 Å². The molecular weight excluding hydrogens is 350 g/mol. The number of pyridine rings is 1. The molecule has 0 saturated carbocycles. The minimum atomic E-state index is -0.331. The van der Waals surface area contributed by atoms with Crippen LogP contribution in [0.2, 0.25) is 0 Å². The van der Waals surface area contributed by atoms with E-state index >= 15 is 0 Å². The van der Waals surface area contributed by atoms with Gasteiger partial charge in [-0.3, -0.25) is 9.78 Å². The first-order valence-corrected chi connectivity index (χ1v) is 9.83. The summed E-state index contributed by atoms with van der Waals surface area (Å²) in [7, 11) is 0.